The predicted molar refractivity (Wildman–Crippen MR) is 95.6 cm³/mol. The average molecular weight is 334 g/mol. The van der Waals surface area contributed by atoms with Gasteiger partial charge in [0, 0.05) is 19.1 Å². The highest BCUT2D eigenvalue weighted by Gasteiger charge is 2.60. The van der Waals surface area contributed by atoms with Gasteiger partial charge < -0.3 is 10.1 Å². The predicted octanol–water partition coefficient (Wildman–Crippen LogP) is 4.30. The minimum absolute atomic E-state index is 0.283. The zero-order chi connectivity index (χ0) is 16.9. The Hall–Kier alpha value is -0.570. The number of hydrogen-bond donors (Lipinski definition) is 1. The summed E-state index contributed by atoms with van der Waals surface area (Å²) in [7, 11) is 0. The molecule has 1 aliphatic heterocycles. The first kappa shape index (κ1) is 16.9. The summed E-state index contributed by atoms with van der Waals surface area (Å²) in [4.78, 5) is 11.9. The van der Waals surface area contributed by atoms with Crippen molar-refractivity contribution in [2.75, 3.05) is 6.61 Å². The number of amides is 1. The van der Waals surface area contributed by atoms with E-state index in [0.717, 1.165) is 43.6 Å². The molecule has 3 aliphatic carbocycles. The second-order valence-corrected chi connectivity index (χ2v) is 9.56. The zero-order valence-electron chi connectivity index (χ0n) is 15.8. The Morgan fingerprint density at radius 3 is 2.62 bits per heavy atom. The Bertz CT molecular complexity index is 506. The number of fused-ring (bicyclic) bond motifs is 5. The Kier molecular flexibility index (Phi) is 4.22. The summed E-state index contributed by atoms with van der Waals surface area (Å²) in [6, 6.07) is 0.429. The summed E-state index contributed by atoms with van der Waals surface area (Å²) in [5.74, 6) is 2.79. The fourth-order valence-electron chi connectivity index (χ4n) is 7.19. The second-order valence-electron chi connectivity index (χ2n) is 9.56. The van der Waals surface area contributed by atoms with E-state index in [-0.39, 0.29) is 5.91 Å². The highest BCUT2D eigenvalue weighted by atomic mass is 16.5. The number of ether oxygens (including phenoxy) is 1. The van der Waals surface area contributed by atoms with E-state index in [0.29, 0.717) is 23.0 Å². The van der Waals surface area contributed by atoms with Gasteiger partial charge >= 0.3 is 0 Å². The molecule has 7 atom stereocenters. The third kappa shape index (κ3) is 2.37. The molecule has 4 aliphatic rings. The van der Waals surface area contributed by atoms with Gasteiger partial charge in [0.15, 0.2) is 0 Å². The molecule has 1 amide bonds. The number of hydrogen-bond acceptors (Lipinski definition) is 2. The quantitative estimate of drug-likeness (QED) is 0.836. The van der Waals surface area contributed by atoms with Gasteiger partial charge in [-0.25, -0.2) is 0 Å². The van der Waals surface area contributed by atoms with E-state index in [1.54, 1.807) is 0 Å². The lowest BCUT2D eigenvalue weighted by molar-refractivity contribution is -0.141. The van der Waals surface area contributed by atoms with Gasteiger partial charge in [-0.15, -0.1) is 0 Å². The molecule has 0 aromatic carbocycles. The summed E-state index contributed by atoms with van der Waals surface area (Å²) in [5.41, 5.74) is 0.734. The van der Waals surface area contributed by atoms with E-state index in [9.17, 15) is 4.79 Å². The lowest BCUT2D eigenvalue weighted by Crippen LogP contribution is -2.61. The molecule has 0 spiro atoms. The minimum Gasteiger partial charge on any atom is -0.378 e. The normalized spacial score (nSPS) is 50.6. The molecular weight excluding hydrogens is 298 g/mol. The first-order chi connectivity index (χ1) is 11.5. The molecule has 0 bridgehead atoms. The summed E-state index contributed by atoms with van der Waals surface area (Å²) in [6.45, 7) is 8.15. The molecule has 0 aromatic rings. The molecule has 24 heavy (non-hydrogen) atoms. The molecule has 1 N–H and O–H groups in total. The number of piperidine rings is 1. The van der Waals surface area contributed by atoms with E-state index in [1.807, 2.05) is 0 Å². The number of carbonyl (C=O) groups excluding carboxylic acids is 1. The highest BCUT2D eigenvalue weighted by molar-refractivity contribution is 5.77. The number of nitrogens with one attached hydrogen (secondary N) is 1. The van der Waals surface area contributed by atoms with Crippen LogP contribution in [0, 0.1) is 28.6 Å². The van der Waals surface area contributed by atoms with E-state index in [1.165, 1.54) is 38.5 Å². The molecule has 136 valence electrons. The van der Waals surface area contributed by atoms with Gasteiger partial charge in [0.1, 0.15) is 0 Å². The summed E-state index contributed by atoms with van der Waals surface area (Å²) < 4.78 is 6.29. The van der Waals surface area contributed by atoms with Crippen LogP contribution >= 0.6 is 0 Å². The van der Waals surface area contributed by atoms with E-state index < -0.39 is 0 Å². The largest absolute Gasteiger partial charge is 0.378 e. The van der Waals surface area contributed by atoms with Crippen molar-refractivity contribution in [3.05, 3.63) is 0 Å². The Morgan fingerprint density at radius 2 is 1.83 bits per heavy atom. The van der Waals surface area contributed by atoms with Crippen molar-refractivity contribution in [1.29, 1.82) is 0 Å². The van der Waals surface area contributed by atoms with E-state index >= 15 is 0 Å². The summed E-state index contributed by atoms with van der Waals surface area (Å²) >= 11 is 0. The summed E-state index contributed by atoms with van der Waals surface area (Å²) in [6.07, 6.45) is 11.2. The zero-order valence-corrected chi connectivity index (χ0v) is 15.8. The van der Waals surface area contributed by atoms with Gasteiger partial charge in [-0.3, -0.25) is 4.79 Å². The smallest absolute Gasteiger partial charge is 0.220 e. The highest BCUT2D eigenvalue weighted by Crippen LogP contribution is 2.64. The lowest BCUT2D eigenvalue weighted by Gasteiger charge is -2.60. The van der Waals surface area contributed by atoms with Crippen LogP contribution in [0.15, 0.2) is 0 Å². The molecule has 0 radical (unpaired) electrons. The van der Waals surface area contributed by atoms with Crippen LogP contribution in [0.1, 0.15) is 78.6 Å². The molecule has 4 rings (SSSR count). The minimum atomic E-state index is 0.283. The van der Waals surface area contributed by atoms with Gasteiger partial charge in [0.25, 0.3) is 0 Å². The van der Waals surface area contributed by atoms with Crippen LogP contribution in [0.25, 0.3) is 0 Å². The molecular formula is C21H35NO2. The first-order valence-electron chi connectivity index (χ1n) is 10.4. The Balaban J connectivity index is 1.55. The van der Waals surface area contributed by atoms with Crippen LogP contribution in [0.4, 0.5) is 0 Å². The van der Waals surface area contributed by atoms with Gasteiger partial charge in [-0.05, 0) is 80.0 Å². The topological polar surface area (TPSA) is 38.3 Å². The fraction of sp³-hybridized carbons (Fsp3) is 0.952. The van der Waals surface area contributed by atoms with Crippen molar-refractivity contribution >= 4 is 5.91 Å². The van der Waals surface area contributed by atoms with Crippen molar-refractivity contribution < 1.29 is 9.53 Å². The maximum absolute atomic E-state index is 11.9. The standard InChI is InChI=1S/C21H35NO2/c1-4-13-24-18-8-6-15-14-5-7-17-20(2,12-10-19(23)22-17)16(14)9-11-21(15,18)3/h14-18H,4-13H2,1-3H3,(H,22,23)/t14-,15-,16+,17?,18?,20+,21-/m0/s1. The van der Waals surface area contributed by atoms with Crippen molar-refractivity contribution in [3.63, 3.8) is 0 Å². The third-order valence-corrected chi connectivity index (χ3v) is 8.53. The van der Waals surface area contributed by atoms with Crippen LogP contribution in [0.5, 0.6) is 0 Å². The molecule has 3 heteroatoms. The van der Waals surface area contributed by atoms with Crippen LogP contribution < -0.4 is 5.32 Å². The maximum atomic E-state index is 11.9. The summed E-state index contributed by atoms with van der Waals surface area (Å²) in [5, 5.41) is 3.33. The molecule has 3 nitrogen and oxygen atoms in total. The van der Waals surface area contributed by atoms with Crippen LogP contribution in [-0.4, -0.2) is 24.7 Å². The molecule has 0 aromatic heterocycles. The van der Waals surface area contributed by atoms with Crippen LogP contribution in [-0.2, 0) is 9.53 Å². The van der Waals surface area contributed by atoms with E-state index in [4.69, 9.17) is 4.74 Å². The number of carbonyl (C=O) groups is 1. The van der Waals surface area contributed by atoms with Gasteiger partial charge in [0.2, 0.25) is 5.91 Å². The first-order valence-corrected chi connectivity index (χ1v) is 10.4. The number of rotatable bonds is 3. The Morgan fingerprint density at radius 1 is 1.04 bits per heavy atom. The van der Waals surface area contributed by atoms with Crippen LogP contribution in [0.2, 0.25) is 0 Å². The maximum Gasteiger partial charge on any atom is 0.220 e. The monoisotopic (exact) mass is 333 g/mol. The molecule has 1 heterocycles. The molecule has 2 unspecified atom stereocenters. The van der Waals surface area contributed by atoms with Crippen molar-refractivity contribution in [2.45, 2.75) is 90.7 Å². The third-order valence-electron chi connectivity index (χ3n) is 8.53. The van der Waals surface area contributed by atoms with Crippen LogP contribution in [0.3, 0.4) is 0 Å². The second kappa shape index (κ2) is 6.00. The van der Waals surface area contributed by atoms with Gasteiger partial charge in [-0.1, -0.05) is 20.8 Å². The van der Waals surface area contributed by atoms with Gasteiger partial charge in [-0.2, -0.15) is 0 Å². The van der Waals surface area contributed by atoms with Gasteiger partial charge in [0.05, 0.1) is 6.10 Å². The lowest BCUT2D eigenvalue weighted by atomic mass is 9.47. The SMILES string of the molecule is CCCOC1CC[C@H]2[C@@H]3CCC4NC(=O)CC[C@]4(C)[C@@H]3CC[C@]12C. The average Bonchev–Trinajstić information content (AvgIpc) is 2.90. The van der Waals surface area contributed by atoms with Crippen molar-refractivity contribution in [2.24, 2.45) is 28.6 Å². The molecule has 1 saturated heterocycles. The Labute approximate surface area is 147 Å². The van der Waals surface area contributed by atoms with Crippen molar-refractivity contribution in [3.8, 4) is 0 Å². The fourth-order valence-corrected chi connectivity index (χ4v) is 7.19. The molecule has 4 fully saturated rings. The molecule has 3 saturated carbocycles. The van der Waals surface area contributed by atoms with Crippen molar-refractivity contribution in [1.82, 2.24) is 5.32 Å². The van der Waals surface area contributed by atoms with E-state index in [2.05, 4.69) is 26.1 Å².